The molecule has 12 nitrogen and oxygen atoms in total. The van der Waals surface area contributed by atoms with E-state index in [1.807, 2.05) is 18.2 Å². The molecule has 0 saturated carbocycles. The number of carbonyl (C=O) groups is 4. The van der Waals surface area contributed by atoms with Crippen molar-refractivity contribution in [2.45, 2.75) is 58.0 Å². The molecule has 3 aliphatic heterocycles. The lowest BCUT2D eigenvalue weighted by atomic mass is 10.1. The zero-order chi connectivity index (χ0) is 34.8. The third-order valence-corrected chi connectivity index (χ3v) is 8.31. The van der Waals surface area contributed by atoms with Gasteiger partial charge in [-0.05, 0) is 79.3 Å². The second-order valence-electron chi connectivity index (χ2n) is 11.8. The molecule has 0 fully saturated rings. The molecule has 3 aromatic carbocycles. The summed E-state index contributed by atoms with van der Waals surface area (Å²) >= 11 is 0. The zero-order valence-corrected chi connectivity index (χ0v) is 27.6. The number of hydrogen-bond acceptors (Lipinski definition) is 8. The molecular weight excluding hydrogens is 635 g/mol. The SMILES string of the molecule is CC[C@@H]1NC(=O)CCCN(C(=O)CCc2ccc3c(c2)OCO3)CCCNC(=O)c2ccc(OC)c(c2)Oc2ccc(cc2F)CNC1=O. The van der Waals surface area contributed by atoms with Gasteiger partial charge in [0.15, 0.2) is 34.6 Å². The first-order valence-corrected chi connectivity index (χ1v) is 16.4. The predicted molar refractivity (Wildman–Crippen MR) is 177 cm³/mol. The number of aryl methyl sites for hydroxylation is 1. The van der Waals surface area contributed by atoms with E-state index in [2.05, 4.69) is 16.0 Å². The first-order valence-electron chi connectivity index (χ1n) is 16.4. The molecule has 3 aliphatic rings. The molecule has 0 aliphatic carbocycles. The monoisotopic (exact) mass is 676 g/mol. The number of nitrogens with zero attached hydrogens (tertiary/aromatic N) is 1. The van der Waals surface area contributed by atoms with E-state index in [0.29, 0.717) is 61.6 Å². The number of ether oxygens (including phenoxy) is 4. The van der Waals surface area contributed by atoms with E-state index in [9.17, 15) is 19.2 Å². The molecule has 0 radical (unpaired) electrons. The van der Waals surface area contributed by atoms with Crippen molar-refractivity contribution in [2.75, 3.05) is 33.5 Å². The Labute approximate surface area is 284 Å². The largest absolute Gasteiger partial charge is 0.493 e. The van der Waals surface area contributed by atoms with Crippen molar-refractivity contribution in [2.24, 2.45) is 0 Å². The van der Waals surface area contributed by atoms with Gasteiger partial charge in [0, 0.05) is 44.6 Å². The van der Waals surface area contributed by atoms with Crippen molar-refractivity contribution in [1.29, 1.82) is 0 Å². The smallest absolute Gasteiger partial charge is 0.251 e. The van der Waals surface area contributed by atoms with Crippen LogP contribution in [0.4, 0.5) is 4.39 Å². The van der Waals surface area contributed by atoms with Crippen LogP contribution >= 0.6 is 0 Å². The Kier molecular flexibility index (Phi) is 11.9. The van der Waals surface area contributed by atoms with Crippen molar-refractivity contribution in [3.05, 3.63) is 77.1 Å². The second-order valence-corrected chi connectivity index (χ2v) is 11.8. The molecule has 3 heterocycles. The van der Waals surface area contributed by atoms with E-state index < -0.39 is 17.8 Å². The first-order chi connectivity index (χ1) is 23.7. The van der Waals surface area contributed by atoms with E-state index in [-0.39, 0.29) is 67.5 Å². The van der Waals surface area contributed by atoms with Crippen LogP contribution in [0.25, 0.3) is 0 Å². The molecule has 13 heteroatoms. The van der Waals surface area contributed by atoms with Gasteiger partial charge in [0.05, 0.1) is 7.11 Å². The molecule has 0 unspecified atom stereocenters. The Morgan fingerprint density at radius 3 is 2.53 bits per heavy atom. The molecule has 0 spiro atoms. The first kappa shape index (κ1) is 35.0. The highest BCUT2D eigenvalue weighted by atomic mass is 19.1. The summed E-state index contributed by atoms with van der Waals surface area (Å²) in [5, 5.41) is 8.38. The third kappa shape index (κ3) is 9.40. The van der Waals surface area contributed by atoms with Crippen LogP contribution in [0, 0.1) is 5.82 Å². The molecule has 3 aromatic rings. The lowest BCUT2D eigenvalue weighted by Crippen LogP contribution is -2.46. The van der Waals surface area contributed by atoms with Crippen LogP contribution in [0.2, 0.25) is 0 Å². The van der Waals surface area contributed by atoms with E-state index in [1.165, 1.54) is 25.3 Å². The van der Waals surface area contributed by atoms with Gasteiger partial charge in [0.2, 0.25) is 24.5 Å². The molecular formula is C36H41FN4O8. The molecule has 4 bridgehead atoms. The lowest BCUT2D eigenvalue weighted by molar-refractivity contribution is -0.132. The maximum atomic E-state index is 15.1. The van der Waals surface area contributed by atoms with Crippen molar-refractivity contribution < 1.29 is 42.5 Å². The van der Waals surface area contributed by atoms with E-state index in [0.717, 1.165) is 5.56 Å². The molecule has 49 heavy (non-hydrogen) atoms. The molecule has 3 N–H and O–H groups in total. The number of fused-ring (bicyclic) bond motifs is 17. The van der Waals surface area contributed by atoms with Crippen LogP contribution in [0.5, 0.6) is 28.7 Å². The van der Waals surface area contributed by atoms with Crippen molar-refractivity contribution in [3.8, 4) is 28.7 Å². The second kappa shape index (κ2) is 16.7. The Morgan fingerprint density at radius 1 is 0.939 bits per heavy atom. The maximum absolute atomic E-state index is 15.1. The number of rotatable bonds is 5. The van der Waals surface area contributed by atoms with Crippen LogP contribution < -0.4 is 34.9 Å². The van der Waals surface area contributed by atoms with Gasteiger partial charge in [-0.1, -0.05) is 19.1 Å². The number of halogens is 1. The van der Waals surface area contributed by atoms with E-state index >= 15 is 4.39 Å². The van der Waals surface area contributed by atoms with E-state index in [1.54, 1.807) is 30.0 Å². The van der Waals surface area contributed by atoms with Crippen LogP contribution in [-0.4, -0.2) is 68.1 Å². The number of methoxy groups -OCH3 is 1. The van der Waals surface area contributed by atoms with Gasteiger partial charge in [-0.15, -0.1) is 0 Å². The average Bonchev–Trinajstić information content (AvgIpc) is 3.58. The normalized spacial score (nSPS) is 17.4. The van der Waals surface area contributed by atoms with Gasteiger partial charge < -0.3 is 39.8 Å². The highest BCUT2D eigenvalue weighted by Crippen LogP contribution is 2.34. The fraction of sp³-hybridized carbons (Fsp3) is 0.389. The number of benzene rings is 3. The quantitative estimate of drug-likeness (QED) is 0.364. The van der Waals surface area contributed by atoms with Gasteiger partial charge in [0.1, 0.15) is 6.04 Å². The Bertz CT molecular complexity index is 1680. The van der Waals surface area contributed by atoms with Gasteiger partial charge in [-0.3, -0.25) is 19.2 Å². The summed E-state index contributed by atoms with van der Waals surface area (Å²) in [6.07, 6.45) is 2.04. The standard InChI is InChI=1S/C36H41FN4O8/c1-3-27-36(45)39-21-24-8-11-28(26(37)18-24)49-32-20-25(10-13-29(32)46-2)35(44)38-15-5-17-41(16-4-6-33(42)40-27)34(43)14-9-23-7-12-30-31(19-23)48-22-47-30/h7-8,10-13,18-20,27H,3-6,9,14-17,21-22H2,1-2H3,(H,38,44)(H,39,45)(H,40,42)/t27-/m0/s1. The van der Waals surface area contributed by atoms with Crippen LogP contribution in [0.15, 0.2) is 54.6 Å². The Morgan fingerprint density at radius 2 is 1.73 bits per heavy atom. The lowest BCUT2D eigenvalue weighted by Gasteiger charge is -2.23. The number of hydrogen-bond donors (Lipinski definition) is 3. The molecule has 260 valence electrons. The highest BCUT2D eigenvalue weighted by molar-refractivity contribution is 5.95. The average molecular weight is 677 g/mol. The maximum Gasteiger partial charge on any atom is 0.251 e. The van der Waals surface area contributed by atoms with E-state index in [4.69, 9.17) is 18.9 Å². The topological polar surface area (TPSA) is 145 Å². The number of carbonyl (C=O) groups excluding carboxylic acids is 4. The summed E-state index contributed by atoms with van der Waals surface area (Å²) in [6.45, 7) is 2.94. The molecule has 4 amide bonds. The summed E-state index contributed by atoms with van der Waals surface area (Å²) in [5.41, 5.74) is 1.70. The summed E-state index contributed by atoms with van der Waals surface area (Å²) in [6, 6.07) is 13.7. The summed E-state index contributed by atoms with van der Waals surface area (Å²) < 4.78 is 37.1. The molecule has 1 atom stereocenters. The summed E-state index contributed by atoms with van der Waals surface area (Å²) in [5.74, 6) is -0.157. The fourth-order valence-electron chi connectivity index (χ4n) is 5.56. The summed E-state index contributed by atoms with van der Waals surface area (Å²) in [4.78, 5) is 53.9. The Balaban J connectivity index is 1.30. The van der Waals surface area contributed by atoms with Crippen molar-refractivity contribution >= 4 is 23.6 Å². The van der Waals surface area contributed by atoms with Gasteiger partial charge in [0.25, 0.3) is 5.91 Å². The zero-order valence-electron chi connectivity index (χ0n) is 27.6. The molecule has 6 rings (SSSR count). The third-order valence-electron chi connectivity index (χ3n) is 8.31. The summed E-state index contributed by atoms with van der Waals surface area (Å²) in [7, 11) is 1.44. The predicted octanol–water partition coefficient (Wildman–Crippen LogP) is 4.24. The molecule has 0 saturated heterocycles. The highest BCUT2D eigenvalue weighted by Gasteiger charge is 2.21. The van der Waals surface area contributed by atoms with Gasteiger partial charge >= 0.3 is 0 Å². The Hall–Kier alpha value is -5.33. The van der Waals surface area contributed by atoms with Crippen LogP contribution in [-0.2, 0) is 27.3 Å². The van der Waals surface area contributed by atoms with Gasteiger partial charge in [-0.2, -0.15) is 0 Å². The fourth-order valence-corrected chi connectivity index (χ4v) is 5.56. The van der Waals surface area contributed by atoms with Crippen molar-refractivity contribution in [1.82, 2.24) is 20.9 Å². The van der Waals surface area contributed by atoms with Crippen LogP contribution in [0.1, 0.15) is 60.5 Å². The number of nitrogens with one attached hydrogen (secondary N) is 3. The molecule has 0 aromatic heterocycles. The van der Waals surface area contributed by atoms with Crippen LogP contribution in [0.3, 0.4) is 0 Å². The minimum atomic E-state index is -0.774. The number of amides is 4. The minimum absolute atomic E-state index is 0.0325. The minimum Gasteiger partial charge on any atom is -0.493 e. The van der Waals surface area contributed by atoms with Crippen molar-refractivity contribution in [3.63, 3.8) is 0 Å². The van der Waals surface area contributed by atoms with Gasteiger partial charge in [-0.25, -0.2) is 4.39 Å².